The van der Waals surface area contributed by atoms with Crippen molar-refractivity contribution < 1.29 is 14.1 Å². The van der Waals surface area contributed by atoms with E-state index in [9.17, 15) is 4.79 Å². The summed E-state index contributed by atoms with van der Waals surface area (Å²) in [4.78, 5) is 11.6. The molecule has 94 valence electrons. The van der Waals surface area contributed by atoms with Gasteiger partial charge in [0.25, 0.3) is 0 Å². The van der Waals surface area contributed by atoms with Crippen molar-refractivity contribution in [3.8, 4) is 0 Å². The molecular weight excluding hydrogens is 246 g/mol. The molecule has 2 aromatic rings. The average Bonchev–Trinajstić information content (AvgIpc) is 2.69. The molecule has 0 spiro atoms. The van der Waals surface area contributed by atoms with Crippen molar-refractivity contribution >= 4 is 27.5 Å². The number of fused-ring (bicyclic) bond motifs is 1. The van der Waals surface area contributed by atoms with Crippen LogP contribution in [-0.4, -0.2) is 5.97 Å². The number of aryl methyl sites for hydroxylation is 1. The van der Waals surface area contributed by atoms with Crippen molar-refractivity contribution in [1.82, 2.24) is 0 Å². The first-order valence-electron chi connectivity index (χ1n) is 5.97. The van der Waals surface area contributed by atoms with Crippen molar-refractivity contribution in [3.05, 3.63) is 42.1 Å². The van der Waals surface area contributed by atoms with E-state index in [4.69, 9.17) is 4.74 Å². The van der Waals surface area contributed by atoms with Crippen LogP contribution in [0.3, 0.4) is 0 Å². The van der Waals surface area contributed by atoms with Gasteiger partial charge in [0.05, 0.1) is 6.26 Å². The number of carbonyl (C=O) groups is 1. The summed E-state index contributed by atoms with van der Waals surface area (Å²) in [5, 5.41) is 1.21. The molecule has 0 aliphatic carbocycles. The van der Waals surface area contributed by atoms with Crippen LogP contribution < -0.4 is 4.57 Å². The fourth-order valence-corrected chi connectivity index (χ4v) is 3.18. The quantitative estimate of drug-likeness (QED) is 0.471. The van der Waals surface area contributed by atoms with Crippen LogP contribution in [-0.2, 0) is 22.5 Å². The smallest absolute Gasteiger partial charge is 0.377 e. The molecule has 0 aliphatic rings. The van der Waals surface area contributed by atoms with E-state index < -0.39 is 0 Å². The van der Waals surface area contributed by atoms with Crippen LogP contribution in [0, 0.1) is 0 Å². The third kappa shape index (κ3) is 2.59. The zero-order valence-corrected chi connectivity index (χ0v) is 11.2. The third-order valence-electron chi connectivity index (χ3n) is 2.65. The van der Waals surface area contributed by atoms with Crippen LogP contribution in [0.25, 0.3) is 10.2 Å². The molecule has 0 saturated carbocycles. The minimum atomic E-state index is -0.282. The molecule has 1 aromatic carbocycles. The maximum atomic E-state index is 11.6. The molecule has 0 saturated heterocycles. The Morgan fingerprint density at radius 1 is 1.50 bits per heavy atom. The number of para-hydroxylation sites is 1. The van der Waals surface area contributed by atoms with Crippen LogP contribution in [0.1, 0.15) is 18.4 Å². The summed E-state index contributed by atoms with van der Waals surface area (Å²) in [7, 11) is 0. The number of rotatable bonds is 5. The van der Waals surface area contributed by atoms with Gasteiger partial charge in [0, 0.05) is 12.5 Å². The number of carbonyl (C=O) groups excluding carboxylic acids is 1. The molecule has 0 amide bonds. The summed E-state index contributed by atoms with van der Waals surface area (Å²) in [6.45, 7) is 5.78. The second-order valence-electron chi connectivity index (χ2n) is 3.96. The number of esters is 1. The monoisotopic (exact) mass is 262 g/mol. The van der Waals surface area contributed by atoms with Crippen LogP contribution >= 0.6 is 11.3 Å². The van der Waals surface area contributed by atoms with Crippen molar-refractivity contribution in [2.24, 2.45) is 0 Å². The van der Waals surface area contributed by atoms with Crippen LogP contribution in [0.2, 0.25) is 0 Å². The average molecular weight is 262 g/mol. The fraction of sp³-hybridized carbons (Fsp3) is 0.286. The summed E-state index contributed by atoms with van der Waals surface area (Å²) in [6.07, 6.45) is 3.21. The Morgan fingerprint density at radius 2 is 2.28 bits per heavy atom. The number of aromatic nitrogens is 1. The highest BCUT2D eigenvalue weighted by atomic mass is 32.1. The van der Waals surface area contributed by atoms with E-state index in [1.54, 1.807) is 11.3 Å². The maximum Gasteiger partial charge on any atom is 0.377 e. The minimum absolute atomic E-state index is 0.241. The molecular formula is C14H16NO2S+. The van der Waals surface area contributed by atoms with Crippen LogP contribution in [0.15, 0.2) is 37.1 Å². The Kier molecular flexibility index (Phi) is 4.10. The number of hydrogen-bond acceptors (Lipinski definition) is 3. The lowest BCUT2D eigenvalue weighted by Gasteiger charge is -1.97. The maximum absolute atomic E-state index is 11.6. The summed E-state index contributed by atoms with van der Waals surface area (Å²) in [5.41, 5.74) is 1.09. The molecule has 0 radical (unpaired) electrons. The van der Waals surface area contributed by atoms with E-state index in [0.717, 1.165) is 18.4 Å². The molecule has 2 rings (SSSR count). The van der Waals surface area contributed by atoms with Gasteiger partial charge in [-0.2, -0.15) is 4.57 Å². The molecule has 0 fully saturated rings. The molecule has 3 nitrogen and oxygen atoms in total. The molecule has 0 N–H and O–H groups in total. The summed E-state index contributed by atoms with van der Waals surface area (Å²) < 4.78 is 8.04. The summed E-state index contributed by atoms with van der Waals surface area (Å²) in [5.74, 6) is -0.282. The molecule has 0 atom stereocenters. The standard InChI is InChI=1S/C14H16NO2S/c1-3-7-13-15(10-14(16)17-4-2)11-8-5-6-9-12(11)18-13/h4-6,8-9H,2-3,7,10H2,1H3/q+1. The summed E-state index contributed by atoms with van der Waals surface area (Å²) in [6, 6.07) is 8.11. The van der Waals surface area contributed by atoms with E-state index in [1.807, 2.05) is 22.8 Å². The van der Waals surface area contributed by atoms with Gasteiger partial charge < -0.3 is 4.74 Å². The first-order valence-corrected chi connectivity index (χ1v) is 6.78. The number of nitrogens with zero attached hydrogens (tertiary/aromatic N) is 1. The summed E-state index contributed by atoms with van der Waals surface area (Å²) >= 11 is 1.74. The molecule has 0 unspecified atom stereocenters. The number of ether oxygens (including phenoxy) is 1. The van der Waals surface area contributed by atoms with Gasteiger partial charge in [0.1, 0.15) is 4.70 Å². The first-order chi connectivity index (χ1) is 8.76. The Morgan fingerprint density at radius 3 is 3.00 bits per heavy atom. The highest BCUT2D eigenvalue weighted by Crippen LogP contribution is 2.21. The lowest BCUT2D eigenvalue weighted by atomic mass is 10.3. The van der Waals surface area contributed by atoms with Gasteiger partial charge >= 0.3 is 5.97 Å². The van der Waals surface area contributed by atoms with Gasteiger partial charge in [-0.15, -0.1) is 0 Å². The van der Waals surface area contributed by atoms with E-state index in [-0.39, 0.29) is 12.5 Å². The molecule has 18 heavy (non-hydrogen) atoms. The van der Waals surface area contributed by atoms with E-state index in [2.05, 4.69) is 19.6 Å². The number of benzene rings is 1. The Hall–Kier alpha value is -1.68. The second-order valence-corrected chi connectivity index (χ2v) is 5.07. The van der Waals surface area contributed by atoms with Crippen molar-refractivity contribution in [2.75, 3.05) is 0 Å². The fourth-order valence-electron chi connectivity index (χ4n) is 1.92. The van der Waals surface area contributed by atoms with Gasteiger partial charge in [0.2, 0.25) is 17.1 Å². The zero-order chi connectivity index (χ0) is 13.0. The predicted molar refractivity (Wildman–Crippen MR) is 72.3 cm³/mol. The third-order valence-corrected chi connectivity index (χ3v) is 3.88. The number of thiazole rings is 1. The Bertz CT molecular complexity index is 574. The SMILES string of the molecule is C=COC(=O)C[n+]1c(CCC)sc2ccccc21. The molecule has 4 heteroatoms. The topological polar surface area (TPSA) is 30.2 Å². The lowest BCUT2D eigenvalue weighted by molar-refractivity contribution is -0.662. The van der Waals surface area contributed by atoms with Crippen molar-refractivity contribution in [3.63, 3.8) is 0 Å². The molecule has 0 aliphatic heterocycles. The normalized spacial score (nSPS) is 10.5. The Balaban J connectivity index is 2.41. The molecule has 1 aromatic heterocycles. The van der Waals surface area contributed by atoms with Crippen LogP contribution in [0.4, 0.5) is 0 Å². The van der Waals surface area contributed by atoms with Gasteiger partial charge in [-0.05, 0) is 12.5 Å². The Labute approximate surface area is 110 Å². The van der Waals surface area contributed by atoms with Crippen molar-refractivity contribution in [1.29, 1.82) is 0 Å². The first kappa shape index (κ1) is 12.8. The van der Waals surface area contributed by atoms with E-state index in [0.29, 0.717) is 0 Å². The minimum Gasteiger partial charge on any atom is -0.430 e. The highest BCUT2D eigenvalue weighted by molar-refractivity contribution is 7.18. The van der Waals surface area contributed by atoms with E-state index in [1.165, 1.54) is 16.0 Å². The van der Waals surface area contributed by atoms with Gasteiger partial charge in [-0.3, -0.25) is 0 Å². The largest absolute Gasteiger partial charge is 0.430 e. The molecule has 1 heterocycles. The lowest BCUT2D eigenvalue weighted by Crippen LogP contribution is -2.40. The second kappa shape index (κ2) is 5.78. The highest BCUT2D eigenvalue weighted by Gasteiger charge is 2.22. The van der Waals surface area contributed by atoms with Crippen LogP contribution in [0.5, 0.6) is 0 Å². The van der Waals surface area contributed by atoms with Crippen molar-refractivity contribution in [2.45, 2.75) is 26.3 Å². The van der Waals surface area contributed by atoms with Gasteiger partial charge in [-0.25, -0.2) is 4.79 Å². The van der Waals surface area contributed by atoms with Gasteiger partial charge in [0.15, 0.2) is 0 Å². The zero-order valence-electron chi connectivity index (χ0n) is 10.4. The molecule has 0 bridgehead atoms. The predicted octanol–water partition coefficient (Wildman–Crippen LogP) is 2.83. The van der Waals surface area contributed by atoms with Gasteiger partial charge in [-0.1, -0.05) is 37.0 Å². The number of hydrogen-bond donors (Lipinski definition) is 0. The van der Waals surface area contributed by atoms with E-state index >= 15 is 0 Å².